The minimum atomic E-state index is -0.409. The number of aryl methyl sites for hydroxylation is 1. The molecule has 168 valence electrons. The zero-order chi connectivity index (χ0) is 23.3. The van der Waals surface area contributed by atoms with E-state index in [2.05, 4.69) is 29.6 Å². The molecule has 2 heterocycles. The third-order valence-electron chi connectivity index (χ3n) is 6.33. The SMILES string of the molecule is Cc1ccccc1[C@@H]1C2=C(CC(C)(C)CC2=O)Nc2c(C(=O)Nc3ccc(F)cc3)cnn21. The van der Waals surface area contributed by atoms with E-state index in [4.69, 9.17) is 0 Å². The minimum Gasteiger partial charge on any atom is -0.343 e. The number of amides is 1. The monoisotopic (exact) mass is 444 g/mol. The van der Waals surface area contributed by atoms with Crippen LogP contribution in [-0.2, 0) is 4.79 Å². The van der Waals surface area contributed by atoms with Crippen molar-refractivity contribution in [2.45, 2.75) is 39.7 Å². The Morgan fingerprint density at radius 2 is 1.88 bits per heavy atom. The predicted molar refractivity (Wildman–Crippen MR) is 125 cm³/mol. The van der Waals surface area contributed by atoms with Gasteiger partial charge in [-0.25, -0.2) is 9.07 Å². The number of anilines is 2. The first kappa shape index (κ1) is 21.1. The number of allylic oxidation sites excluding steroid dienone is 2. The number of fused-ring (bicyclic) bond motifs is 1. The molecule has 5 rings (SSSR count). The van der Waals surface area contributed by atoms with Gasteiger partial charge < -0.3 is 10.6 Å². The van der Waals surface area contributed by atoms with E-state index in [1.807, 2.05) is 31.2 Å². The lowest BCUT2D eigenvalue weighted by atomic mass is 9.72. The lowest BCUT2D eigenvalue weighted by Crippen LogP contribution is -2.37. The van der Waals surface area contributed by atoms with Crippen molar-refractivity contribution in [3.05, 3.63) is 88.5 Å². The van der Waals surface area contributed by atoms with Crippen LogP contribution in [0.2, 0.25) is 0 Å². The van der Waals surface area contributed by atoms with Crippen LogP contribution in [-0.4, -0.2) is 21.5 Å². The maximum Gasteiger partial charge on any atom is 0.261 e. The van der Waals surface area contributed by atoms with E-state index in [0.717, 1.165) is 16.8 Å². The third kappa shape index (κ3) is 3.73. The van der Waals surface area contributed by atoms with Gasteiger partial charge in [0, 0.05) is 23.4 Å². The van der Waals surface area contributed by atoms with E-state index in [1.165, 1.54) is 30.5 Å². The topological polar surface area (TPSA) is 76.0 Å². The fourth-order valence-electron chi connectivity index (χ4n) is 4.79. The second-order valence-corrected chi connectivity index (χ2v) is 9.53. The first-order valence-corrected chi connectivity index (χ1v) is 11.0. The van der Waals surface area contributed by atoms with Gasteiger partial charge in [-0.2, -0.15) is 5.10 Å². The number of ketones is 1. The lowest BCUT2D eigenvalue weighted by Gasteiger charge is -2.39. The molecule has 2 N–H and O–H groups in total. The average molecular weight is 445 g/mol. The van der Waals surface area contributed by atoms with Crippen molar-refractivity contribution < 1.29 is 14.0 Å². The molecule has 0 spiro atoms. The van der Waals surface area contributed by atoms with Gasteiger partial charge >= 0.3 is 0 Å². The van der Waals surface area contributed by atoms with Gasteiger partial charge in [-0.3, -0.25) is 9.59 Å². The molecule has 0 bridgehead atoms. The molecule has 1 atom stereocenters. The predicted octanol–water partition coefficient (Wildman–Crippen LogP) is 5.24. The number of hydrogen-bond acceptors (Lipinski definition) is 4. The van der Waals surface area contributed by atoms with Gasteiger partial charge in [0.25, 0.3) is 5.91 Å². The number of benzene rings is 2. The smallest absolute Gasteiger partial charge is 0.261 e. The van der Waals surface area contributed by atoms with E-state index in [1.54, 1.807) is 4.68 Å². The summed E-state index contributed by atoms with van der Waals surface area (Å²) in [7, 11) is 0. The van der Waals surface area contributed by atoms with Gasteiger partial charge in [-0.15, -0.1) is 0 Å². The molecule has 33 heavy (non-hydrogen) atoms. The van der Waals surface area contributed by atoms with E-state index in [-0.39, 0.29) is 22.9 Å². The fourth-order valence-corrected chi connectivity index (χ4v) is 4.79. The molecular formula is C26H25FN4O2. The summed E-state index contributed by atoms with van der Waals surface area (Å²) < 4.78 is 15.0. The molecule has 6 nitrogen and oxygen atoms in total. The van der Waals surface area contributed by atoms with Crippen LogP contribution in [0.1, 0.15) is 54.2 Å². The number of Topliss-reactive ketones (excluding diaryl/α,β-unsaturated/α-hetero) is 1. The Labute approximate surface area is 191 Å². The van der Waals surface area contributed by atoms with Crippen LogP contribution >= 0.6 is 0 Å². The van der Waals surface area contributed by atoms with Crippen LogP contribution in [0, 0.1) is 18.2 Å². The number of aromatic nitrogens is 2. The Kier molecular flexibility index (Phi) is 4.92. The summed E-state index contributed by atoms with van der Waals surface area (Å²) in [5.74, 6) is -0.0837. The number of hydrogen-bond donors (Lipinski definition) is 2. The highest BCUT2D eigenvalue weighted by Gasteiger charge is 2.42. The fraction of sp³-hybridized carbons (Fsp3) is 0.269. The van der Waals surface area contributed by atoms with Crippen molar-refractivity contribution in [1.82, 2.24) is 9.78 Å². The highest BCUT2D eigenvalue weighted by atomic mass is 19.1. The van der Waals surface area contributed by atoms with E-state index in [9.17, 15) is 14.0 Å². The van der Waals surface area contributed by atoms with Gasteiger partial charge in [0.1, 0.15) is 23.2 Å². The summed E-state index contributed by atoms with van der Waals surface area (Å²) in [5, 5.41) is 10.7. The molecule has 7 heteroatoms. The molecule has 2 aromatic carbocycles. The summed E-state index contributed by atoms with van der Waals surface area (Å²) in [6, 6.07) is 13.1. The van der Waals surface area contributed by atoms with Gasteiger partial charge in [0.05, 0.1) is 6.20 Å². The Balaban J connectivity index is 1.60. The maximum absolute atomic E-state index is 13.3. The number of nitrogens with zero attached hydrogens (tertiary/aromatic N) is 2. The minimum absolute atomic E-state index is 0.0977. The van der Waals surface area contributed by atoms with Crippen LogP contribution in [0.5, 0.6) is 0 Å². The second-order valence-electron chi connectivity index (χ2n) is 9.53. The average Bonchev–Trinajstić information content (AvgIpc) is 3.17. The van der Waals surface area contributed by atoms with Crippen molar-refractivity contribution in [3.8, 4) is 0 Å². The highest BCUT2D eigenvalue weighted by molar-refractivity contribution is 6.08. The van der Waals surface area contributed by atoms with Crippen LogP contribution in [0.25, 0.3) is 0 Å². The van der Waals surface area contributed by atoms with Crippen molar-refractivity contribution in [2.24, 2.45) is 5.41 Å². The number of carbonyl (C=O) groups is 2. The molecule has 0 saturated carbocycles. The quantitative estimate of drug-likeness (QED) is 0.579. The van der Waals surface area contributed by atoms with E-state index < -0.39 is 6.04 Å². The van der Waals surface area contributed by atoms with Gasteiger partial charge in [0.15, 0.2) is 5.78 Å². The second kappa shape index (κ2) is 7.69. The van der Waals surface area contributed by atoms with Gasteiger partial charge in [-0.05, 0) is 54.2 Å². The summed E-state index contributed by atoms with van der Waals surface area (Å²) in [5.41, 5.74) is 4.25. The summed E-state index contributed by atoms with van der Waals surface area (Å²) >= 11 is 0. The zero-order valence-corrected chi connectivity index (χ0v) is 18.8. The molecule has 0 unspecified atom stereocenters. The van der Waals surface area contributed by atoms with Crippen LogP contribution in [0.4, 0.5) is 15.9 Å². The summed E-state index contributed by atoms with van der Waals surface area (Å²) in [6.07, 6.45) is 2.67. The molecule has 0 radical (unpaired) electrons. The van der Waals surface area contributed by atoms with Crippen LogP contribution in [0.15, 0.2) is 66.0 Å². The zero-order valence-electron chi connectivity index (χ0n) is 18.8. The van der Waals surface area contributed by atoms with E-state index >= 15 is 0 Å². The molecule has 1 aromatic heterocycles. The Morgan fingerprint density at radius 1 is 1.15 bits per heavy atom. The molecule has 1 aliphatic heterocycles. The molecule has 2 aliphatic rings. The molecule has 1 aliphatic carbocycles. The summed E-state index contributed by atoms with van der Waals surface area (Å²) in [4.78, 5) is 26.4. The van der Waals surface area contributed by atoms with Crippen molar-refractivity contribution in [2.75, 3.05) is 10.6 Å². The summed E-state index contributed by atoms with van der Waals surface area (Å²) in [6.45, 7) is 6.17. The highest BCUT2D eigenvalue weighted by Crippen LogP contribution is 2.46. The first-order valence-electron chi connectivity index (χ1n) is 11.0. The lowest BCUT2D eigenvalue weighted by molar-refractivity contribution is -0.118. The van der Waals surface area contributed by atoms with Crippen molar-refractivity contribution >= 4 is 23.2 Å². The Morgan fingerprint density at radius 3 is 2.61 bits per heavy atom. The third-order valence-corrected chi connectivity index (χ3v) is 6.33. The Hall–Kier alpha value is -3.74. The first-order chi connectivity index (χ1) is 15.7. The van der Waals surface area contributed by atoms with Gasteiger partial charge in [0.2, 0.25) is 0 Å². The Bertz CT molecular complexity index is 1300. The van der Waals surface area contributed by atoms with Crippen LogP contribution in [0.3, 0.4) is 0 Å². The normalized spacial score (nSPS) is 18.9. The van der Waals surface area contributed by atoms with Crippen molar-refractivity contribution in [1.29, 1.82) is 0 Å². The van der Waals surface area contributed by atoms with Crippen LogP contribution < -0.4 is 10.6 Å². The molecule has 1 amide bonds. The van der Waals surface area contributed by atoms with Crippen molar-refractivity contribution in [3.63, 3.8) is 0 Å². The number of carbonyl (C=O) groups excluding carboxylic acids is 2. The molecular weight excluding hydrogens is 419 g/mol. The largest absolute Gasteiger partial charge is 0.343 e. The maximum atomic E-state index is 13.3. The number of halogens is 1. The molecule has 0 fully saturated rings. The standard InChI is InChI=1S/C26H25FN4O2/c1-15-6-4-5-7-18(15)23-22-20(12-26(2,3)13-21(22)32)30-24-19(14-28-31(23)24)25(33)29-17-10-8-16(27)9-11-17/h4-11,14,23,30H,12-13H2,1-3H3,(H,29,33)/t23-/m1/s1. The van der Waals surface area contributed by atoms with Gasteiger partial charge in [-0.1, -0.05) is 38.1 Å². The number of rotatable bonds is 3. The molecule has 0 saturated heterocycles. The van der Waals surface area contributed by atoms with E-state index in [0.29, 0.717) is 35.5 Å². The number of nitrogens with one attached hydrogen (secondary N) is 2. The molecule has 3 aromatic rings.